The van der Waals surface area contributed by atoms with Crippen LogP contribution in [0.15, 0.2) is 0 Å². The van der Waals surface area contributed by atoms with Crippen LogP contribution in [0.5, 0.6) is 0 Å². The highest BCUT2D eigenvalue weighted by atomic mass is 16.2. The van der Waals surface area contributed by atoms with Crippen LogP contribution in [0, 0.1) is 11.8 Å². The van der Waals surface area contributed by atoms with Crippen molar-refractivity contribution in [1.82, 2.24) is 15.5 Å². The van der Waals surface area contributed by atoms with Crippen molar-refractivity contribution in [1.29, 1.82) is 0 Å². The van der Waals surface area contributed by atoms with Gasteiger partial charge in [-0.3, -0.25) is 9.69 Å². The van der Waals surface area contributed by atoms with Gasteiger partial charge in [-0.25, -0.2) is 0 Å². The molecule has 0 aromatic carbocycles. The Kier molecular flexibility index (Phi) is 3.46. The highest BCUT2D eigenvalue weighted by molar-refractivity contribution is 5.82. The van der Waals surface area contributed by atoms with E-state index in [-0.39, 0.29) is 17.5 Å². The first-order valence-corrected chi connectivity index (χ1v) is 6.63. The van der Waals surface area contributed by atoms with Gasteiger partial charge in [0.25, 0.3) is 0 Å². The standard InChI is InChI=1S/C13H25N3O/c1-9(12(17)15-13(2,3)4)16-7-10-5-14-6-11(10)8-16/h9-11,14H,5-8H2,1-4H3,(H,15,17)/t9?,10-,11+. The van der Waals surface area contributed by atoms with Gasteiger partial charge in [0, 0.05) is 18.6 Å². The Hall–Kier alpha value is -0.610. The molecule has 0 aromatic heterocycles. The Labute approximate surface area is 104 Å². The van der Waals surface area contributed by atoms with Crippen molar-refractivity contribution >= 4 is 5.91 Å². The molecule has 98 valence electrons. The smallest absolute Gasteiger partial charge is 0.237 e. The SMILES string of the molecule is CC(C(=O)NC(C)(C)C)N1C[C@H]2CNC[C@H]2C1. The zero-order valence-corrected chi connectivity index (χ0v) is 11.4. The maximum absolute atomic E-state index is 12.1. The van der Waals surface area contributed by atoms with E-state index < -0.39 is 0 Å². The molecule has 17 heavy (non-hydrogen) atoms. The number of hydrogen-bond donors (Lipinski definition) is 2. The van der Waals surface area contributed by atoms with Gasteiger partial charge in [0.15, 0.2) is 0 Å². The van der Waals surface area contributed by atoms with Crippen LogP contribution in [0.2, 0.25) is 0 Å². The number of likely N-dealkylation sites (tertiary alicyclic amines) is 1. The molecule has 4 heteroatoms. The molecule has 2 fully saturated rings. The van der Waals surface area contributed by atoms with E-state index in [2.05, 4.69) is 15.5 Å². The predicted octanol–water partition coefficient (Wildman–Crippen LogP) is 0.441. The second-order valence-corrected chi connectivity index (χ2v) is 6.55. The number of nitrogens with zero attached hydrogens (tertiary/aromatic N) is 1. The fourth-order valence-electron chi connectivity index (χ4n) is 2.85. The van der Waals surface area contributed by atoms with Crippen molar-refractivity contribution in [3.05, 3.63) is 0 Å². The molecule has 1 amide bonds. The lowest BCUT2D eigenvalue weighted by molar-refractivity contribution is -0.127. The average Bonchev–Trinajstić information content (AvgIpc) is 2.72. The molecule has 2 saturated heterocycles. The van der Waals surface area contributed by atoms with E-state index in [1.165, 1.54) is 0 Å². The molecule has 4 nitrogen and oxygen atoms in total. The van der Waals surface area contributed by atoms with Crippen molar-refractivity contribution < 1.29 is 4.79 Å². The molecule has 2 aliphatic heterocycles. The normalized spacial score (nSPS) is 31.3. The van der Waals surface area contributed by atoms with Crippen LogP contribution in [0.1, 0.15) is 27.7 Å². The van der Waals surface area contributed by atoms with E-state index in [1.807, 2.05) is 27.7 Å². The summed E-state index contributed by atoms with van der Waals surface area (Å²) in [5, 5.41) is 6.49. The van der Waals surface area contributed by atoms with Crippen LogP contribution >= 0.6 is 0 Å². The number of hydrogen-bond acceptors (Lipinski definition) is 3. The minimum absolute atomic E-state index is 0.000162. The zero-order chi connectivity index (χ0) is 12.6. The highest BCUT2D eigenvalue weighted by Crippen LogP contribution is 2.27. The summed E-state index contributed by atoms with van der Waals surface area (Å²) in [7, 11) is 0. The summed E-state index contributed by atoms with van der Waals surface area (Å²) in [5.41, 5.74) is -0.136. The van der Waals surface area contributed by atoms with E-state index in [0.717, 1.165) is 38.0 Å². The van der Waals surface area contributed by atoms with Crippen molar-refractivity contribution in [3.63, 3.8) is 0 Å². The van der Waals surface area contributed by atoms with Crippen molar-refractivity contribution in [2.75, 3.05) is 26.2 Å². The highest BCUT2D eigenvalue weighted by Gasteiger charge is 2.39. The third kappa shape index (κ3) is 2.99. The van der Waals surface area contributed by atoms with Crippen molar-refractivity contribution in [2.24, 2.45) is 11.8 Å². The number of carbonyl (C=O) groups excluding carboxylic acids is 1. The molecule has 0 saturated carbocycles. The zero-order valence-electron chi connectivity index (χ0n) is 11.4. The van der Waals surface area contributed by atoms with Crippen LogP contribution in [0.3, 0.4) is 0 Å². The molecule has 2 rings (SSSR count). The molecule has 0 bridgehead atoms. The number of amides is 1. The van der Waals surface area contributed by atoms with Gasteiger partial charge in [-0.05, 0) is 52.6 Å². The molecular formula is C13H25N3O. The molecular weight excluding hydrogens is 214 g/mol. The predicted molar refractivity (Wildman–Crippen MR) is 68.8 cm³/mol. The molecule has 2 N–H and O–H groups in total. The summed E-state index contributed by atoms with van der Waals surface area (Å²) in [4.78, 5) is 14.4. The Morgan fingerprint density at radius 2 is 1.82 bits per heavy atom. The molecule has 3 atom stereocenters. The minimum Gasteiger partial charge on any atom is -0.350 e. The number of nitrogens with one attached hydrogen (secondary N) is 2. The molecule has 2 heterocycles. The monoisotopic (exact) mass is 239 g/mol. The van der Waals surface area contributed by atoms with Crippen LogP contribution in [0.25, 0.3) is 0 Å². The van der Waals surface area contributed by atoms with Crippen molar-refractivity contribution in [3.8, 4) is 0 Å². The summed E-state index contributed by atoms with van der Waals surface area (Å²) in [6.07, 6.45) is 0. The van der Waals surface area contributed by atoms with Crippen LogP contribution in [-0.2, 0) is 4.79 Å². The van der Waals surface area contributed by atoms with Gasteiger partial charge < -0.3 is 10.6 Å². The molecule has 0 radical (unpaired) electrons. The van der Waals surface area contributed by atoms with Gasteiger partial charge in [-0.2, -0.15) is 0 Å². The summed E-state index contributed by atoms with van der Waals surface area (Å²) in [6, 6.07) is -0.000162. The molecule has 0 spiro atoms. The molecule has 1 unspecified atom stereocenters. The molecule has 2 aliphatic rings. The Morgan fingerprint density at radius 3 is 2.29 bits per heavy atom. The number of rotatable bonds is 2. The Morgan fingerprint density at radius 1 is 1.29 bits per heavy atom. The largest absolute Gasteiger partial charge is 0.350 e. The Bertz CT molecular complexity index is 286. The van der Waals surface area contributed by atoms with Gasteiger partial charge in [0.05, 0.1) is 6.04 Å². The second-order valence-electron chi connectivity index (χ2n) is 6.55. The summed E-state index contributed by atoms with van der Waals surface area (Å²) < 4.78 is 0. The van der Waals surface area contributed by atoms with E-state index in [0.29, 0.717) is 0 Å². The first-order chi connectivity index (χ1) is 7.87. The number of carbonyl (C=O) groups is 1. The second kappa shape index (κ2) is 4.58. The maximum Gasteiger partial charge on any atom is 0.237 e. The van der Waals surface area contributed by atoms with E-state index in [1.54, 1.807) is 0 Å². The fourth-order valence-corrected chi connectivity index (χ4v) is 2.85. The van der Waals surface area contributed by atoms with Gasteiger partial charge in [0.2, 0.25) is 5.91 Å². The lowest BCUT2D eigenvalue weighted by atomic mass is 10.0. The van der Waals surface area contributed by atoms with Crippen LogP contribution < -0.4 is 10.6 Å². The van der Waals surface area contributed by atoms with E-state index in [9.17, 15) is 4.79 Å². The van der Waals surface area contributed by atoms with Gasteiger partial charge in [0.1, 0.15) is 0 Å². The lowest BCUT2D eigenvalue weighted by Crippen LogP contribution is -2.50. The third-order valence-corrected chi connectivity index (χ3v) is 3.84. The summed E-state index contributed by atoms with van der Waals surface area (Å²) in [6.45, 7) is 12.5. The van der Waals surface area contributed by atoms with Gasteiger partial charge in [-0.1, -0.05) is 0 Å². The summed E-state index contributed by atoms with van der Waals surface area (Å²) >= 11 is 0. The van der Waals surface area contributed by atoms with E-state index in [4.69, 9.17) is 0 Å². The molecule has 0 aromatic rings. The quantitative estimate of drug-likeness (QED) is 0.735. The van der Waals surface area contributed by atoms with Crippen LogP contribution in [-0.4, -0.2) is 48.6 Å². The Balaban J connectivity index is 1.88. The van der Waals surface area contributed by atoms with Crippen LogP contribution in [0.4, 0.5) is 0 Å². The first kappa shape index (κ1) is 12.8. The first-order valence-electron chi connectivity index (χ1n) is 6.63. The van der Waals surface area contributed by atoms with Gasteiger partial charge in [-0.15, -0.1) is 0 Å². The van der Waals surface area contributed by atoms with Gasteiger partial charge >= 0.3 is 0 Å². The summed E-state index contributed by atoms with van der Waals surface area (Å²) in [5.74, 6) is 1.66. The molecule has 0 aliphatic carbocycles. The minimum atomic E-state index is -0.136. The average molecular weight is 239 g/mol. The van der Waals surface area contributed by atoms with E-state index >= 15 is 0 Å². The number of fused-ring (bicyclic) bond motifs is 1. The van der Waals surface area contributed by atoms with Crippen molar-refractivity contribution in [2.45, 2.75) is 39.3 Å². The topological polar surface area (TPSA) is 44.4 Å². The fraction of sp³-hybridized carbons (Fsp3) is 0.923. The lowest BCUT2D eigenvalue weighted by Gasteiger charge is -2.28. The maximum atomic E-state index is 12.1. The third-order valence-electron chi connectivity index (χ3n) is 3.84.